The molecule has 2 aromatic carbocycles. The molecule has 126 valence electrons. The van der Waals surface area contributed by atoms with E-state index in [1.807, 2.05) is 6.92 Å². The van der Waals surface area contributed by atoms with Gasteiger partial charge in [-0.25, -0.2) is 9.59 Å². The van der Waals surface area contributed by atoms with Crippen molar-refractivity contribution in [3.8, 4) is 5.75 Å². The van der Waals surface area contributed by atoms with E-state index in [1.165, 1.54) is 24.3 Å². The molecular weight excluding hydrogens is 353 g/mol. The normalized spacial score (nSPS) is 10.1. The summed E-state index contributed by atoms with van der Waals surface area (Å²) in [6.45, 7) is 2.25. The van der Waals surface area contributed by atoms with Crippen LogP contribution in [0.1, 0.15) is 23.7 Å². The molecule has 0 bridgehead atoms. The number of carbonyl (C=O) groups excluding carboxylic acids is 2. The molecule has 1 N–H and O–H groups in total. The molecule has 0 fully saturated rings. The minimum atomic E-state index is -0.562. The summed E-state index contributed by atoms with van der Waals surface area (Å²) in [5.41, 5.74) is 0.831. The lowest BCUT2D eigenvalue weighted by Gasteiger charge is -2.08. The molecule has 0 spiro atoms. The van der Waals surface area contributed by atoms with Gasteiger partial charge in [-0.05, 0) is 48.9 Å². The summed E-state index contributed by atoms with van der Waals surface area (Å²) in [6, 6.07) is 10.7. The van der Waals surface area contributed by atoms with Gasteiger partial charge in [-0.2, -0.15) is 0 Å². The smallest absolute Gasteiger partial charge is 0.411 e. The maximum Gasteiger partial charge on any atom is 0.411 e. The van der Waals surface area contributed by atoms with Gasteiger partial charge in [-0.1, -0.05) is 30.1 Å². The third kappa shape index (κ3) is 5.44. The highest BCUT2D eigenvalue weighted by Crippen LogP contribution is 2.25. The summed E-state index contributed by atoms with van der Waals surface area (Å²) in [4.78, 5) is 23.5. The molecule has 2 rings (SSSR count). The quantitative estimate of drug-likeness (QED) is 0.584. The number of esters is 1. The summed E-state index contributed by atoms with van der Waals surface area (Å²) in [7, 11) is 0. The zero-order valence-corrected chi connectivity index (χ0v) is 14.4. The molecule has 0 aromatic heterocycles. The minimum absolute atomic E-state index is 0.253. The molecule has 2 aromatic rings. The largest absolute Gasteiger partial charge is 0.449 e. The van der Waals surface area contributed by atoms with Gasteiger partial charge >= 0.3 is 12.1 Å². The Morgan fingerprint density at radius 2 is 1.67 bits per heavy atom. The summed E-state index contributed by atoms with van der Waals surface area (Å²) < 4.78 is 10.1. The number of amides is 1. The summed E-state index contributed by atoms with van der Waals surface area (Å²) in [6.07, 6.45) is 0.201. The predicted molar refractivity (Wildman–Crippen MR) is 93.1 cm³/mol. The number of carbonyl (C=O) groups is 2. The average molecular weight is 368 g/mol. The third-order valence-electron chi connectivity index (χ3n) is 2.85. The average Bonchev–Trinajstić information content (AvgIpc) is 2.52. The van der Waals surface area contributed by atoms with E-state index >= 15 is 0 Å². The highest BCUT2D eigenvalue weighted by molar-refractivity contribution is 6.34. The summed E-state index contributed by atoms with van der Waals surface area (Å²) in [5, 5.41) is 3.30. The Morgan fingerprint density at radius 1 is 1.04 bits per heavy atom. The molecule has 1 amide bonds. The first-order valence-corrected chi connectivity index (χ1v) is 7.95. The van der Waals surface area contributed by atoms with Crippen LogP contribution in [0.2, 0.25) is 10.0 Å². The van der Waals surface area contributed by atoms with E-state index in [9.17, 15) is 9.59 Å². The second kappa shape index (κ2) is 8.57. The van der Waals surface area contributed by atoms with Crippen molar-refractivity contribution < 1.29 is 19.1 Å². The lowest BCUT2D eigenvalue weighted by molar-refractivity contribution is 0.0735. The van der Waals surface area contributed by atoms with Crippen LogP contribution in [0.4, 0.5) is 10.5 Å². The number of rotatable bonds is 5. The zero-order valence-electron chi connectivity index (χ0n) is 12.8. The van der Waals surface area contributed by atoms with Crippen LogP contribution >= 0.6 is 23.2 Å². The lowest BCUT2D eigenvalue weighted by atomic mass is 10.2. The Labute approximate surface area is 149 Å². The molecule has 0 saturated heterocycles. The molecule has 7 heteroatoms. The van der Waals surface area contributed by atoms with Crippen LogP contribution in [0, 0.1) is 0 Å². The van der Waals surface area contributed by atoms with Crippen molar-refractivity contribution in [1.29, 1.82) is 0 Å². The van der Waals surface area contributed by atoms with Crippen molar-refractivity contribution >= 4 is 41.0 Å². The topological polar surface area (TPSA) is 64.6 Å². The van der Waals surface area contributed by atoms with Crippen LogP contribution in [0.25, 0.3) is 0 Å². The van der Waals surface area contributed by atoms with Crippen LogP contribution in [0.5, 0.6) is 5.75 Å². The lowest BCUT2D eigenvalue weighted by Crippen LogP contribution is -2.14. The van der Waals surface area contributed by atoms with E-state index in [-0.39, 0.29) is 5.75 Å². The Kier molecular flexibility index (Phi) is 6.46. The van der Waals surface area contributed by atoms with Crippen molar-refractivity contribution in [3.63, 3.8) is 0 Å². The van der Waals surface area contributed by atoms with E-state index in [0.717, 1.165) is 6.42 Å². The standard InChI is InChI=1S/C17H15Cl2NO4/c1-2-7-23-17(22)20-14-5-3-11(4-6-14)16(21)24-15-9-12(18)8-13(19)10-15/h3-6,8-10H,2,7H2,1H3,(H,20,22). The molecule has 0 radical (unpaired) electrons. The fourth-order valence-corrected chi connectivity index (χ4v) is 2.30. The van der Waals surface area contributed by atoms with Gasteiger partial charge in [-0.3, -0.25) is 5.32 Å². The third-order valence-corrected chi connectivity index (χ3v) is 3.29. The monoisotopic (exact) mass is 367 g/mol. The van der Waals surface area contributed by atoms with Gasteiger partial charge in [0.1, 0.15) is 5.75 Å². The maximum absolute atomic E-state index is 12.1. The number of hydrogen-bond donors (Lipinski definition) is 1. The summed E-state index contributed by atoms with van der Waals surface area (Å²) in [5.74, 6) is -0.309. The molecule has 0 heterocycles. The van der Waals surface area contributed by atoms with Gasteiger partial charge in [0.2, 0.25) is 0 Å². The fourth-order valence-electron chi connectivity index (χ4n) is 1.79. The molecule has 0 aliphatic rings. The van der Waals surface area contributed by atoms with Gasteiger partial charge in [0.25, 0.3) is 0 Å². The first-order chi connectivity index (χ1) is 11.5. The fraction of sp³-hybridized carbons (Fsp3) is 0.176. The highest BCUT2D eigenvalue weighted by atomic mass is 35.5. The van der Waals surface area contributed by atoms with Gasteiger partial charge in [0.15, 0.2) is 0 Å². The van der Waals surface area contributed by atoms with E-state index in [2.05, 4.69) is 5.32 Å². The number of nitrogens with one attached hydrogen (secondary N) is 1. The molecule has 0 unspecified atom stereocenters. The first-order valence-electron chi connectivity index (χ1n) is 7.20. The number of halogens is 2. The van der Waals surface area contributed by atoms with Crippen molar-refractivity contribution in [2.24, 2.45) is 0 Å². The van der Waals surface area contributed by atoms with Crippen LogP contribution < -0.4 is 10.1 Å². The van der Waals surface area contributed by atoms with Gasteiger partial charge in [-0.15, -0.1) is 0 Å². The van der Waals surface area contributed by atoms with Gasteiger partial charge in [0, 0.05) is 15.7 Å². The van der Waals surface area contributed by atoms with E-state index in [0.29, 0.717) is 27.9 Å². The first kappa shape index (κ1) is 18.1. The predicted octanol–water partition coefficient (Wildman–Crippen LogP) is 5.17. The molecule has 0 aliphatic heterocycles. The second-order valence-electron chi connectivity index (χ2n) is 4.83. The van der Waals surface area contributed by atoms with E-state index in [1.54, 1.807) is 18.2 Å². The van der Waals surface area contributed by atoms with Crippen LogP contribution in [-0.4, -0.2) is 18.7 Å². The molecule has 0 aliphatic carbocycles. The number of anilines is 1. The van der Waals surface area contributed by atoms with Crippen LogP contribution in [0.15, 0.2) is 42.5 Å². The Balaban J connectivity index is 1.99. The summed E-state index contributed by atoms with van der Waals surface area (Å²) >= 11 is 11.7. The van der Waals surface area contributed by atoms with Gasteiger partial charge < -0.3 is 9.47 Å². The van der Waals surface area contributed by atoms with Crippen LogP contribution in [-0.2, 0) is 4.74 Å². The van der Waals surface area contributed by atoms with Crippen molar-refractivity contribution in [1.82, 2.24) is 0 Å². The van der Waals surface area contributed by atoms with Crippen LogP contribution in [0.3, 0.4) is 0 Å². The Morgan fingerprint density at radius 3 is 2.25 bits per heavy atom. The van der Waals surface area contributed by atoms with E-state index in [4.69, 9.17) is 32.7 Å². The Bertz CT molecular complexity index is 712. The molecule has 0 atom stereocenters. The van der Waals surface area contributed by atoms with E-state index < -0.39 is 12.1 Å². The minimum Gasteiger partial charge on any atom is -0.449 e. The van der Waals surface area contributed by atoms with Gasteiger partial charge in [0.05, 0.1) is 12.2 Å². The molecule has 0 saturated carbocycles. The molecule has 5 nitrogen and oxygen atoms in total. The number of benzene rings is 2. The highest BCUT2D eigenvalue weighted by Gasteiger charge is 2.10. The van der Waals surface area contributed by atoms with Crippen molar-refractivity contribution in [2.45, 2.75) is 13.3 Å². The Hall–Kier alpha value is -2.24. The van der Waals surface area contributed by atoms with Crippen molar-refractivity contribution in [2.75, 3.05) is 11.9 Å². The van der Waals surface area contributed by atoms with Crippen molar-refractivity contribution in [3.05, 3.63) is 58.1 Å². The molecular formula is C17H15Cl2NO4. The number of ether oxygens (including phenoxy) is 2. The second-order valence-corrected chi connectivity index (χ2v) is 5.71. The SMILES string of the molecule is CCCOC(=O)Nc1ccc(C(=O)Oc2cc(Cl)cc(Cl)c2)cc1. The maximum atomic E-state index is 12.1. The zero-order chi connectivity index (χ0) is 17.5. The number of hydrogen-bond acceptors (Lipinski definition) is 4. The molecule has 24 heavy (non-hydrogen) atoms.